The number of halogens is 3. The molecule has 2 aliphatic rings. The molecule has 2 saturated carbocycles. The molecule has 0 bridgehead atoms. The largest absolute Gasteiger partial charge is 0.494 e. The summed E-state index contributed by atoms with van der Waals surface area (Å²) in [6.45, 7) is 1.37. The van der Waals surface area contributed by atoms with E-state index in [4.69, 9.17) is 4.74 Å². The molecule has 0 radical (unpaired) electrons. The van der Waals surface area contributed by atoms with Crippen LogP contribution in [-0.4, -0.2) is 55.1 Å². The lowest BCUT2D eigenvalue weighted by Crippen LogP contribution is -2.45. The smallest absolute Gasteiger partial charge is 0.419 e. The predicted molar refractivity (Wildman–Crippen MR) is 141 cm³/mol. The summed E-state index contributed by atoms with van der Waals surface area (Å²) >= 11 is 0. The van der Waals surface area contributed by atoms with Gasteiger partial charge in [-0.05, 0) is 55.6 Å². The average Bonchev–Trinajstić information content (AvgIpc) is 3.54. The number of ether oxygens (including phenoxy) is 1. The number of hydrogen-bond acceptors (Lipinski definition) is 7. The first-order valence-corrected chi connectivity index (χ1v) is 14.7. The minimum Gasteiger partial charge on any atom is -0.494 e. The van der Waals surface area contributed by atoms with Gasteiger partial charge in [-0.1, -0.05) is 12.8 Å². The minimum absolute atomic E-state index is 0.00481. The third-order valence-electron chi connectivity index (χ3n) is 7.95. The van der Waals surface area contributed by atoms with Crippen molar-refractivity contribution >= 4 is 33.3 Å². The van der Waals surface area contributed by atoms with Crippen molar-refractivity contribution in [3.8, 4) is 5.75 Å². The van der Waals surface area contributed by atoms with Crippen LogP contribution in [0.2, 0.25) is 0 Å². The van der Waals surface area contributed by atoms with Crippen LogP contribution in [0.5, 0.6) is 5.75 Å². The van der Waals surface area contributed by atoms with Crippen molar-refractivity contribution in [2.75, 3.05) is 31.0 Å². The molecule has 3 atom stereocenters. The van der Waals surface area contributed by atoms with E-state index in [0.717, 1.165) is 38.3 Å². The molecular formula is C26H34F3N5O4S. The van der Waals surface area contributed by atoms with Gasteiger partial charge in [-0.15, -0.1) is 0 Å². The molecule has 9 nitrogen and oxygen atoms in total. The fourth-order valence-corrected chi connectivity index (χ4v) is 6.71. The summed E-state index contributed by atoms with van der Waals surface area (Å²) in [7, 11) is -0.335. The number of alkyl halides is 3. The first-order valence-electron chi connectivity index (χ1n) is 12.8. The van der Waals surface area contributed by atoms with Crippen molar-refractivity contribution in [3.63, 3.8) is 0 Å². The summed E-state index contributed by atoms with van der Waals surface area (Å²) in [5.74, 6) is 0.224. The van der Waals surface area contributed by atoms with Crippen molar-refractivity contribution in [1.82, 2.24) is 14.3 Å². The van der Waals surface area contributed by atoms with Gasteiger partial charge in [0.15, 0.2) is 0 Å². The van der Waals surface area contributed by atoms with Crippen LogP contribution in [0.1, 0.15) is 56.7 Å². The second-order valence-electron chi connectivity index (χ2n) is 10.5. The zero-order valence-corrected chi connectivity index (χ0v) is 23.2. The van der Waals surface area contributed by atoms with Gasteiger partial charge in [0.2, 0.25) is 21.9 Å². The number of aryl methyl sites for hydroxylation is 1. The van der Waals surface area contributed by atoms with Gasteiger partial charge < -0.3 is 15.4 Å². The number of anilines is 3. The Labute approximate surface area is 226 Å². The Morgan fingerprint density at radius 3 is 2.67 bits per heavy atom. The third kappa shape index (κ3) is 6.46. The van der Waals surface area contributed by atoms with E-state index in [1.807, 2.05) is 0 Å². The van der Waals surface area contributed by atoms with E-state index in [0.29, 0.717) is 23.5 Å². The Morgan fingerprint density at radius 1 is 1.28 bits per heavy atom. The predicted octanol–water partition coefficient (Wildman–Crippen LogP) is 4.98. The first-order chi connectivity index (χ1) is 18.2. The highest BCUT2D eigenvalue weighted by atomic mass is 32.2. The summed E-state index contributed by atoms with van der Waals surface area (Å²) < 4.78 is 72.7. The van der Waals surface area contributed by atoms with Crippen LogP contribution in [0.25, 0.3) is 0 Å². The minimum atomic E-state index is -4.61. The van der Waals surface area contributed by atoms with E-state index < -0.39 is 21.8 Å². The molecule has 2 N–H and O–H groups in total. The van der Waals surface area contributed by atoms with Gasteiger partial charge >= 0.3 is 6.18 Å². The Bertz CT molecular complexity index is 1340. The molecule has 214 valence electrons. The molecule has 2 aromatic rings. The molecule has 2 fully saturated rings. The number of nitrogens with one attached hydrogen (secondary N) is 2. The maximum atomic E-state index is 13.8. The molecule has 13 heteroatoms. The Morgan fingerprint density at radius 2 is 2.03 bits per heavy atom. The molecule has 1 spiro atoms. The number of amides is 1. The van der Waals surface area contributed by atoms with Crippen LogP contribution in [-0.2, 0) is 27.4 Å². The van der Waals surface area contributed by atoms with Crippen molar-refractivity contribution in [2.45, 2.75) is 64.1 Å². The van der Waals surface area contributed by atoms with E-state index in [-0.39, 0.29) is 41.3 Å². The van der Waals surface area contributed by atoms with Crippen LogP contribution in [0.3, 0.4) is 0 Å². The van der Waals surface area contributed by atoms with Crippen molar-refractivity contribution < 1.29 is 31.1 Å². The number of sulfonamides is 1. The standard InChI is InChI=1S/C26H34F3N5O4S/c1-16(35)31-21-11-9-18(13-22(21)38-3)32-24-30-15-19(26(27,28)29)20(33-24)10-8-17-14-25(17)12-6-5-7-23(25)34(2)39(4,36)37/h9,11,13,15,17,23H,5-8,10,12,14H2,1-4H3,(H,31,35)(H,30,32,33)/t17-,23-,25+/m1/s1. The number of carbonyl (C=O) groups excluding carboxylic acids is 1. The molecular weight excluding hydrogens is 535 g/mol. The van der Waals surface area contributed by atoms with Crippen LogP contribution in [0.15, 0.2) is 24.4 Å². The van der Waals surface area contributed by atoms with Gasteiger partial charge in [0.1, 0.15) is 5.75 Å². The average molecular weight is 570 g/mol. The molecule has 1 aromatic carbocycles. The van der Waals surface area contributed by atoms with Crippen LogP contribution < -0.4 is 15.4 Å². The number of rotatable bonds is 9. The molecule has 0 aliphatic heterocycles. The zero-order valence-electron chi connectivity index (χ0n) is 22.4. The van der Waals surface area contributed by atoms with Crippen molar-refractivity contribution in [1.29, 1.82) is 0 Å². The van der Waals surface area contributed by atoms with Gasteiger partial charge in [-0.25, -0.2) is 22.7 Å². The highest BCUT2D eigenvalue weighted by molar-refractivity contribution is 7.88. The summed E-state index contributed by atoms with van der Waals surface area (Å²) in [5, 5.41) is 5.56. The number of aromatic nitrogens is 2. The molecule has 39 heavy (non-hydrogen) atoms. The van der Waals surface area contributed by atoms with Crippen LogP contribution in [0.4, 0.5) is 30.5 Å². The number of hydrogen-bond donors (Lipinski definition) is 2. The third-order valence-corrected chi connectivity index (χ3v) is 9.25. The quantitative estimate of drug-likeness (QED) is 0.438. The number of carbonyl (C=O) groups is 1. The number of benzene rings is 1. The lowest BCUT2D eigenvalue weighted by Gasteiger charge is -2.38. The SMILES string of the molecule is COc1cc(Nc2ncc(C(F)(F)F)c(CC[C@@H]3C[C@@]34CCCC[C@H]4N(C)S(C)(=O)=O)n2)ccc1NC(C)=O. The molecule has 2 aliphatic carbocycles. The first kappa shape index (κ1) is 29.1. The monoisotopic (exact) mass is 569 g/mol. The Balaban J connectivity index is 1.53. The summed E-state index contributed by atoms with van der Waals surface area (Å²) in [4.78, 5) is 19.5. The van der Waals surface area contributed by atoms with Crippen LogP contribution >= 0.6 is 0 Å². The normalized spacial score (nSPS) is 23.1. The number of methoxy groups -OCH3 is 1. The number of nitrogens with zero attached hydrogens (tertiary/aromatic N) is 3. The zero-order chi connectivity index (χ0) is 28.6. The van der Waals surface area contributed by atoms with Gasteiger partial charge in [0.05, 0.1) is 30.3 Å². The van der Waals surface area contributed by atoms with E-state index in [1.165, 1.54) is 24.6 Å². The molecule has 0 unspecified atom stereocenters. The van der Waals surface area contributed by atoms with Gasteiger partial charge in [-0.2, -0.15) is 13.2 Å². The second kappa shape index (κ2) is 10.9. The van der Waals surface area contributed by atoms with Crippen molar-refractivity contribution in [2.24, 2.45) is 11.3 Å². The van der Waals surface area contributed by atoms with E-state index >= 15 is 0 Å². The fourth-order valence-electron chi connectivity index (χ4n) is 5.93. The molecule has 1 amide bonds. The fraction of sp³-hybridized carbons (Fsp3) is 0.577. The molecule has 1 aromatic heterocycles. The lowest BCUT2D eigenvalue weighted by atomic mass is 9.79. The summed E-state index contributed by atoms with van der Waals surface area (Å²) in [5.41, 5.74) is -0.246. The molecule has 4 rings (SSSR count). The van der Waals surface area contributed by atoms with Crippen LogP contribution in [0, 0.1) is 11.3 Å². The lowest BCUT2D eigenvalue weighted by molar-refractivity contribution is -0.138. The summed E-state index contributed by atoms with van der Waals surface area (Å²) in [6.07, 6.45) is 2.32. The maximum Gasteiger partial charge on any atom is 0.419 e. The Hall–Kier alpha value is -2.93. The van der Waals surface area contributed by atoms with Gasteiger partial charge in [-0.3, -0.25) is 4.79 Å². The molecule has 0 saturated heterocycles. The van der Waals surface area contributed by atoms with E-state index in [2.05, 4.69) is 20.6 Å². The second-order valence-corrected chi connectivity index (χ2v) is 12.5. The topological polar surface area (TPSA) is 114 Å². The van der Waals surface area contributed by atoms with E-state index in [1.54, 1.807) is 25.2 Å². The molecule has 1 heterocycles. The van der Waals surface area contributed by atoms with Crippen molar-refractivity contribution in [3.05, 3.63) is 35.7 Å². The maximum absolute atomic E-state index is 13.8. The highest BCUT2D eigenvalue weighted by Gasteiger charge is 2.60. The van der Waals surface area contributed by atoms with Gasteiger partial charge in [0.25, 0.3) is 0 Å². The van der Waals surface area contributed by atoms with Gasteiger partial charge in [0, 0.05) is 38.0 Å². The summed E-state index contributed by atoms with van der Waals surface area (Å²) in [6, 6.07) is 4.69. The Kier molecular flexibility index (Phi) is 8.13. The van der Waals surface area contributed by atoms with E-state index in [9.17, 15) is 26.4 Å². The highest BCUT2D eigenvalue weighted by Crippen LogP contribution is 2.64.